The summed E-state index contributed by atoms with van der Waals surface area (Å²) >= 11 is 0. The predicted octanol–water partition coefficient (Wildman–Crippen LogP) is 2.07. The number of fused-ring (bicyclic) bond motifs is 1. The van der Waals surface area contributed by atoms with Crippen molar-refractivity contribution in [3.63, 3.8) is 0 Å². The van der Waals surface area contributed by atoms with E-state index >= 15 is 0 Å². The molecule has 0 saturated carbocycles. The Bertz CT molecular complexity index is 610. The van der Waals surface area contributed by atoms with Gasteiger partial charge in [0.15, 0.2) is 5.82 Å². The topological polar surface area (TPSA) is 50.3 Å². The SMILES string of the molecule is CCOc1nc2ccccc2nc1N(C)C[C@@H]1CCNC1. The summed E-state index contributed by atoms with van der Waals surface area (Å²) in [6, 6.07) is 7.92. The molecule has 112 valence electrons. The third kappa shape index (κ3) is 3.08. The van der Waals surface area contributed by atoms with Crippen LogP contribution < -0.4 is 15.0 Å². The third-order valence-corrected chi connectivity index (χ3v) is 3.86. The lowest BCUT2D eigenvalue weighted by Gasteiger charge is -2.23. The molecule has 0 amide bonds. The van der Waals surface area contributed by atoms with Gasteiger partial charge in [-0.15, -0.1) is 0 Å². The highest BCUT2D eigenvalue weighted by Crippen LogP contribution is 2.27. The van der Waals surface area contributed by atoms with Crippen LogP contribution in [0.4, 0.5) is 5.82 Å². The highest BCUT2D eigenvalue weighted by molar-refractivity contribution is 5.77. The quantitative estimate of drug-likeness (QED) is 0.912. The number of nitrogens with one attached hydrogen (secondary N) is 1. The summed E-state index contributed by atoms with van der Waals surface area (Å²) < 4.78 is 5.70. The van der Waals surface area contributed by atoms with Gasteiger partial charge in [0.2, 0.25) is 0 Å². The number of rotatable bonds is 5. The summed E-state index contributed by atoms with van der Waals surface area (Å²) in [5.41, 5.74) is 1.79. The van der Waals surface area contributed by atoms with E-state index in [-0.39, 0.29) is 0 Å². The molecule has 5 heteroatoms. The van der Waals surface area contributed by atoms with Gasteiger partial charge in [0, 0.05) is 13.6 Å². The minimum atomic E-state index is 0.596. The monoisotopic (exact) mass is 286 g/mol. The van der Waals surface area contributed by atoms with Crippen LogP contribution in [0.5, 0.6) is 5.88 Å². The fourth-order valence-electron chi connectivity index (χ4n) is 2.80. The second kappa shape index (κ2) is 6.26. The van der Waals surface area contributed by atoms with Crippen LogP contribution in [0.1, 0.15) is 13.3 Å². The van der Waals surface area contributed by atoms with E-state index < -0.39 is 0 Å². The molecule has 2 heterocycles. The minimum absolute atomic E-state index is 0.596. The summed E-state index contributed by atoms with van der Waals surface area (Å²) in [6.45, 7) is 5.73. The Morgan fingerprint density at radius 2 is 2.05 bits per heavy atom. The number of nitrogens with zero attached hydrogens (tertiary/aromatic N) is 3. The normalized spacial score (nSPS) is 18.1. The second-order valence-corrected chi connectivity index (χ2v) is 5.51. The van der Waals surface area contributed by atoms with E-state index in [2.05, 4.69) is 22.2 Å². The first kappa shape index (κ1) is 14.1. The van der Waals surface area contributed by atoms with Crippen LogP contribution in [0.3, 0.4) is 0 Å². The van der Waals surface area contributed by atoms with Crippen molar-refractivity contribution in [3.05, 3.63) is 24.3 Å². The number of para-hydroxylation sites is 2. The Morgan fingerprint density at radius 3 is 2.71 bits per heavy atom. The first-order valence-corrected chi connectivity index (χ1v) is 7.59. The van der Waals surface area contributed by atoms with Gasteiger partial charge in [0.1, 0.15) is 0 Å². The summed E-state index contributed by atoms with van der Waals surface area (Å²) in [7, 11) is 2.07. The Morgan fingerprint density at radius 1 is 1.29 bits per heavy atom. The van der Waals surface area contributed by atoms with Gasteiger partial charge in [-0.2, -0.15) is 0 Å². The average Bonchev–Trinajstić information content (AvgIpc) is 2.99. The molecule has 0 unspecified atom stereocenters. The first-order chi connectivity index (χ1) is 10.3. The highest BCUT2D eigenvalue weighted by atomic mass is 16.5. The average molecular weight is 286 g/mol. The zero-order valence-corrected chi connectivity index (χ0v) is 12.7. The summed E-state index contributed by atoms with van der Waals surface area (Å²) in [4.78, 5) is 11.5. The molecule has 0 bridgehead atoms. The van der Waals surface area contributed by atoms with Crippen molar-refractivity contribution in [1.29, 1.82) is 0 Å². The number of ether oxygens (including phenoxy) is 1. The van der Waals surface area contributed by atoms with E-state index in [1.807, 2.05) is 31.2 Å². The van der Waals surface area contributed by atoms with Crippen LogP contribution in [0.25, 0.3) is 11.0 Å². The van der Waals surface area contributed by atoms with Crippen molar-refractivity contribution in [1.82, 2.24) is 15.3 Å². The number of hydrogen-bond donors (Lipinski definition) is 1. The van der Waals surface area contributed by atoms with Gasteiger partial charge in [-0.05, 0) is 44.5 Å². The summed E-state index contributed by atoms with van der Waals surface area (Å²) in [5, 5.41) is 3.40. The molecule has 0 radical (unpaired) electrons. The Hall–Kier alpha value is -1.88. The largest absolute Gasteiger partial charge is 0.475 e. The molecule has 2 aromatic rings. The molecule has 3 rings (SSSR count). The highest BCUT2D eigenvalue weighted by Gasteiger charge is 2.20. The van der Waals surface area contributed by atoms with Crippen LogP contribution in [0.15, 0.2) is 24.3 Å². The maximum atomic E-state index is 5.70. The van der Waals surface area contributed by atoms with Crippen LogP contribution in [-0.4, -0.2) is 43.3 Å². The molecule has 0 aliphatic carbocycles. The van der Waals surface area contributed by atoms with Crippen LogP contribution in [0.2, 0.25) is 0 Å². The molecule has 0 spiro atoms. The molecule has 1 N–H and O–H groups in total. The molecule has 1 fully saturated rings. The van der Waals surface area contributed by atoms with Gasteiger partial charge in [-0.1, -0.05) is 12.1 Å². The van der Waals surface area contributed by atoms with Gasteiger partial charge in [0.05, 0.1) is 17.6 Å². The van der Waals surface area contributed by atoms with Gasteiger partial charge < -0.3 is 15.0 Å². The molecular weight excluding hydrogens is 264 g/mol. The molecule has 1 aromatic carbocycles. The fourth-order valence-corrected chi connectivity index (χ4v) is 2.80. The van der Waals surface area contributed by atoms with E-state index in [9.17, 15) is 0 Å². The maximum Gasteiger partial charge on any atom is 0.258 e. The van der Waals surface area contributed by atoms with E-state index in [1.165, 1.54) is 6.42 Å². The zero-order chi connectivity index (χ0) is 14.7. The van der Waals surface area contributed by atoms with Crippen LogP contribution in [0, 0.1) is 5.92 Å². The van der Waals surface area contributed by atoms with E-state index in [4.69, 9.17) is 9.72 Å². The molecule has 1 saturated heterocycles. The van der Waals surface area contributed by atoms with E-state index in [0.29, 0.717) is 18.4 Å². The van der Waals surface area contributed by atoms with Crippen molar-refractivity contribution >= 4 is 16.9 Å². The van der Waals surface area contributed by atoms with Gasteiger partial charge in [0.25, 0.3) is 5.88 Å². The lowest BCUT2D eigenvalue weighted by molar-refractivity contribution is 0.327. The third-order valence-electron chi connectivity index (χ3n) is 3.86. The van der Waals surface area contributed by atoms with Crippen molar-refractivity contribution in [2.45, 2.75) is 13.3 Å². The summed E-state index contributed by atoms with van der Waals surface area (Å²) in [6.07, 6.45) is 1.22. The van der Waals surface area contributed by atoms with Gasteiger partial charge >= 0.3 is 0 Å². The van der Waals surface area contributed by atoms with E-state index in [1.54, 1.807) is 0 Å². The predicted molar refractivity (Wildman–Crippen MR) is 85.0 cm³/mol. The fraction of sp³-hybridized carbons (Fsp3) is 0.500. The first-order valence-electron chi connectivity index (χ1n) is 7.59. The minimum Gasteiger partial charge on any atom is -0.475 e. The lowest BCUT2D eigenvalue weighted by Crippen LogP contribution is -2.28. The molecule has 1 aliphatic rings. The molecule has 1 aliphatic heterocycles. The molecule has 1 aromatic heterocycles. The second-order valence-electron chi connectivity index (χ2n) is 5.51. The zero-order valence-electron chi connectivity index (χ0n) is 12.7. The van der Waals surface area contributed by atoms with Crippen molar-refractivity contribution in [3.8, 4) is 5.88 Å². The Balaban J connectivity index is 1.91. The lowest BCUT2D eigenvalue weighted by atomic mass is 10.1. The summed E-state index contributed by atoms with van der Waals surface area (Å²) in [5.74, 6) is 2.13. The van der Waals surface area contributed by atoms with Crippen molar-refractivity contribution < 1.29 is 4.74 Å². The maximum absolute atomic E-state index is 5.70. The van der Waals surface area contributed by atoms with Gasteiger partial charge in [-0.25, -0.2) is 9.97 Å². The van der Waals surface area contributed by atoms with Crippen LogP contribution >= 0.6 is 0 Å². The number of hydrogen-bond acceptors (Lipinski definition) is 5. The molecule has 1 atom stereocenters. The van der Waals surface area contributed by atoms with Gasteiger partial charge in [-0.3, -0.25) is 0 Å². The molecule has 5 nitrogen and oxygen atoms in total. The smallest absolute Gasteiger partial charge is 0.258 e. The Kier molecular flexibility index (Phi) is 4.20. The number of benzene rings is 1. The van der Waals surface area contributed by atoms with E-state index in [0.717, 1.165) is 36.5 Å². The number of aromatic nitrogens is 2. The van der Waals surface area contributed by atoms with Crippen molar-refractivity contribution in [2.75, 3.05) is 38.2 Å². The molecule has 21 heavy (non-hydrogen) atoms. The number of anilines is 1. The molecular formula is C16H22N4O. The Labute approximate surface area is 125 Å². The standard InChI is InChI=1S/C16H22N4O/c1-3-21-16-15(20(2)11-12-8-9-17-10-12)18-13-6-4-5-7-14(13)19-16/h4-7,12,17H,3,8-11H2,1-2H3/t12-/m1/s1. The van der Waals surface area contributed by atoms with Crippen molar-refractivity contribution in [2.24, 2.45) is 5.92 Å². The van der Waals surface area contributed by atoms with Crippen LogP contribution in [-0.2, 0) is 0 Å².